The van der Waals surface area contributed by atoms with Crippen molar-refractivity contribution in [1.29, 1.82) is 0 Å². The minimum absolute atomic E-state index is 0.329. The lowest BCUT2D eigenvalue weighted by Crippen LogP contribution is -2.41. The molecular formula is C25H28ClN7O2. The number of aromatic nitrogens is 3. The Labute approximate surface area is 209 Å². The Morgan fingerprint density at radius 1 is 1.11 bits per heavy atom. The fourth-order valence-corrected chi connectivity index (χ4v) is 4.66. The third-order valence-corrected chi connectivity index (χ3v) is 6.79. The van der Waals surface area contributed by atoms with E-state index in [1.165, 1.54) is 0 Å². The van der Waals surface area contributed by atoms with E-state index >= 15 is 0 Å². The van der Waals surface area contributed by atoms with E-state index in [1.54, 1.807) is 17.3 Å². The molecule has 182 valence electrons. The highest BCUT2D eigenvalue weighted by molar-refractivity contribution is 6.32. The predicted octanol–water partition coefficient (Wildman–Crippen LogP) is 4.67. The Morgan fingerprint density at radius 3 is 2.80 bits per heavy atom. The first-order chi connectivity index (χ1) is 17.0. The molecule has 2 amide bonds. The third kappa shape index (κ3) is 5.74. The van der Waals surface area contributed by atoms with Gasteiger partial charge in [0.15, 0.2) is 5.82 Å². The smallest absolute Gasteiger partial charge is 0.314 e. The standard InChI is InChI=1S/C25H28ClN7O2/c26-21-15-29-25-31-20-11-17(13-28-14-20)1-2-18-12-19(30-23(21)32-25)3-4-22(18)35-10-7-16-5-8-33(9-6-16)24(27)34/h3-4,11-16H,1-2,5-10H2,(H2,27,34)(H2,29,30,31,32). The van der Waals surface area contributed by atoms with Gasteiger partial charge >= 0.3 is 6.03 Å². The fourth-order valence-electron chi connectivity index (χ4n) is 4.52. The van der Waals surface area contributed by atoms with E-state index in [9.17, 15) is 4.79 Å². The van der Waals surface area contributed by atoms with Crippen molar-refractivity contribution in [3.63, 3.8) is 0 Å². The minimum atomic E-state index is -0.329. The van der Waals surface area contributed by atoms with Crippen LogP contribution in [0.2, 0.25) is 5.02 Å². The second-order valence-corrected chi connectivity index (χ2v) is 9.36. The lowest BCUT2D eigenvalue weighted by Gasteiger charge is -2.30. The summed E-state index contributed by atoms with van der Waals surface area (Å²) in [6.45, 7) is 2.07. The van der Waals surface area contributed by atoms with Crippen molar-refractivity contribution in [2.45, 2.75) is 32.1 Å². The van der Waals surface area contributed by atoms with Gasteiger partial charge in [0.25, 0.3) is 0 Å². The second-order valence-electron chi connectivity index (χ2n) is 8.95. The van der Waals surface area contributed by atoms with Crippen LogP contribution in [0.3, 0.4) is 0 Å². The lowest BCUT2D eigenvalue weighted by molar-refractivity contribution is 0.167. The molecule has 0 atom stereocenters. The van der Waals surface area contributed by atoms with Crippen LogP contribution in [0.4, 0.5) is 27.9 Å². The van der Waals surface area contributed by atoms with Crippen LogP contribution in [0.5, 0.6) is 5.75 Å². The van der Waals surface area contributed by atoms with Crippen LogP contribution >= 0.6 is 11.6 Å². The van der Waals surface area contributed by atoms with E-state index in [-0.39, 0.29) is 6.03 Å². The Bertz CT molecular complexity index is 1210. The highest BCUT2D eigenvalue weighted by atomic mass is 35.5. The molecule has 5 rings (SSSR count). The number of amides is 2. The van der Waals surface area contributed by atoms with Gasteiger partial charge < -0.3 is 26.0 Å². The van der Waals surface area contributed by atoms with Crippen molar-refractivity contribution in [1.82, 2.24) is 19.9 Å². The number of urea groups is 1. The maximum atomic E-state index is 11.3. The largest absolute Gasteiger partial charge is 0.493 e. The number of anilines is 4. The van der Waals surface area contributed by atoms with Gasteiger partial charge in [-0.1, -0.05) is 11.6 Å². The summed E-state index contributed by atoms with van der Waals surface area (Å²) >= 11 is 6.35. The van der Waals surface area contributed by atoms with Gasteiger partial charge in [-0.25, -0.2) is 9.78 Å². The first kappa shape index (κ1) is 23.2. The van der Waals surface area contributed by atoms with E-state index in [1.807, 2.05) is 18.3 Å². The molecule has 10 heteroatoms. The molecule has 1 fully saturated rings. The number of fused-ring (bicyclic) bond motifs is 6. The van der Waals surface area contributed by atoms with Crippen molar-refractivity contribution < 1.29 is 9.53 Å². The highest BCUT2D eigenvalue weighted by Crippen LogP contribution is 2.30. The number of piperidine rings is 1. The number of benzene rings is 1. The van der Waals surface area contributed by atoms with E-state index in [2.05, 4.69) is 37.7 Å². The normalized spacial score (nSPS) is 15.6. The van der Waals surface area contributed by atoms with Gasteiger partial charge in [-0.05, 0) is 73.4 Å². The molecule has 35 heavy (non-hydrogen) atoms. The third-order valence-electron chi connectivity index (χ3n) is 6.51. The van der Waals surface area contributed by atoms with E-state index < -0.39 is 0 Å². The number of aryl methyl sites for hydroxylation is 2. The van der Waals surface area contributed by atoms with Gasteiger partial charge in [-0.2, -0.15) is 4.98 Å². The van der Waals surface area contributed by atoms with Crippen LogP contribution in [0.25, 0.3) is 0 Å². The predicted molar refractivity (Wildman–Crippen MR) is 136 cm³/mol. The Balaban J connectivity index is 1.32. The molecule has 4 heterocycles. The van der Waals surface area contributed by atoms with Crippen LogP contribution in [0.1, 0.15) is 30.4 Å². The summed E-state index contributed by atoms with van der Waals surface area (Å²) in [5, 5.41) is 6.94. The summed E-state index contributed by atoms with van der Waals surface area (Å²) in [5.74, 6) is 2.37. The molecule has 2 aliphatic heterocycles. The summed E-state index contributed by atoms with van der Waals surface area (Å²) in [5.41, 5.74) is 9.29. The van der Waals surface area contributed by atoms with Crippen molar-refractivity contribution in [2.75, 3.05) is 30.3 Å². The second kappa shape index (κ2) is 10.4. The molecular weight excluding hydrogens is 466 g/mol. The number of nitrogens with two attached hydrogens (primary N) is 1. The molecule has 9 nitrogen and oxygen atoms in total. The summed E-state index contributed by atoms with van der Waals surface area (Å²) < 4.78 is 6.25. The summed E-state index contributed by atoms with van der Waals surface area (Å²) in [6, 6.07) is 7.78. The minimum Gasteiger partial charge on any atom is -0.493 e. The SMILES string of the molecule is NC(=O)N1CCC(CCOc2ccc3cc2CCc2cncc(c2)Nc2ncc(Cl)c(n2)N3)CC1. The summed E-state index contributed by atoms with van der Waals surface area (Å²) in [6.07, 6.45) is 9.67. The zero-order chi connectivity index (χ0) is 24.2. The monoisotopic (exact) mass is 493 g/mol. The summed E-state index contributed by atoms with van der Waals surface area (Å²) in [7, 11) is 0. The molecule has 0 unspecified atom stereocenters. The zero-order valence-corrected chi connectivity index (χ0v) is 20.1. The number of primary amides is 1. The maximum absolute atomic E-state index is 11.3. The number of nitrogens with zero attached hydrogens (tertiary/aromatic N) is 4. The Morgan fingerprint density at radius 2 is 1.97 bits per heavy atom. The van der Waals surface area contributed by atoms with Crippen LogP contribution in [0, 0.1) is 5.92 Å². The number of likely N-dealkylation sites (tertiary alicyclic amines) is 1. The molecule has 1 saturated heterocycles. The van der Waals surface area contributed by atoms with Crippen molar-refractivity contribution in [2.24, 2.45) is 11.7 Å². The molecule has 1 aromatic carbocycles. The van der Waals surface area contributed by atoms with Crippen molar-refractivity contribution >= 4 is 40.8 Å². The van der Waals surface area contributed by atoms with E-state index in [0.717, 1.165) is 73.4 Å². The fraction of sp³-hybridized carbons (Fsp3) is 0.360. The molecule has 0 spiro atoms. The van der Waals surface area contributed by atoms with Gasteiger partial charge in [0.05, 0.1) is 24.7 Å². The first-order valence-corrected chi connectivity index (χ1v) is 12.2. The topological polar surface area (TPSA) is 118 Å². The molecule has 2 aromatic heterocycles. The van der Waals surface area contributed by atoms with Gasteiger partial charge in [0.1, 0.15) is 10.8 Å². The Hall–Kier alpha value is -3.59. The van der Waals surface area contributed by atoms with Gasteiger partial charge in [0, 0.05) is 25.0 Å². The number of pyridine rings is 1. The number of carbonyl (C=O) groups is 1. The van der Waals surface area contributed by atoms with Crippen LogP contribution < -0.4 is 21.1 Å². The molecule has 3 aromatic rings. The summed E-state index contributed by atoms with van der Waals surface area (Å²) in [4.78, 5) is 26.2. The van der Waals surface area contributed by atoms with Crippen LogP contribution in [-0.4, -0.2) is 45.6 Å². The average molecular weight is 494 g/mol. The number of halogens is 1. The number of nitrogens with one attached hydrogen (secondary N) is 2. The quantitative estimate of drug-likeness (QED) is 0.483. The number of ether oxygens (including phenoxy) is 1. The molecule has 6 bridgehead atoms. The van der Waals surface area contributed by atoms with Gasteiger partial charge in [0.2, 0.25) is 5.95 Å². The van der Waals surface area contributed by atoms with E-state index in [4.69, 9.17) is 22.1 Å². The maximum Gasteiger partial charge on any atom is 0.314 e. The molecule has 0 radical (unpaired) electrons. The number of carbonyl (C=O) groups excluding carboxylic acids is 1. The Kier molecular flexibility index (Phi) is 6.85. The lowest BCUT2D eigenvalue weighted by atomic mass is 9.94. The van der Waals surface area contributed by atoms with Gasteiger partial charge in [-0.15, -0.1) is 0 Å². The van der Waals surface area contributed by atoms with Crippen LogP contribution in [0.15, 0.2) is 42.9 Å². The van der Waals surface area contributed by atoms with Crippen molar-refractivity contribution in [3.8, 4) is 5.75 Å². The zero-order valence-electron chi connectivity index (χ0n) is 19.3. The van der Waals surface area contributed by atoms with Crippen molar-refractivity contribution in [3.05, 3.63) is 59.0 Å². The van der Waals surface area contributed by atoms with E-state index in [0.29, 0.717) is 29.3 Å². The molecule has 0 aliphatic carbocycles. The number of hydrogen-bond acceptors (Lipinski definition) is 7. The number of rotatable bonds is 4. The average Bonchev–Trinajstić information content (AvgIpc) is 2.86. The molecule has 0 saturated carbocycles. The highest BCUT2D eigenvalue weighted by Gasteiger charge is 2.21. The molecule has 2 aliphatic rings. The van der Waals surface area contributed by atoms with Crippen LogP contribution in [-0.2, 0) is 12.8 Å². The first-order valence-electron chi connectivity index (χ1n) is 11.8. The number of hydrogen-bond donors (Lipinski definition) is 3. The van der Waals surface area contributed by atoms with Gasteiger partial charge in [-0.3, -0.25) is 4.98 Å². The molecule has 4 N–H and O–H groups in total.